The number of aromatic amines is 1. The van der Waals surface area contributed by atoms with Gasteiger partial charge in [-0.3, -0.25) is 9.89 Å². The van der Waals surface area contributed by atoms with Gasteiger partial charge in [0.1, 0.15) is 5.82 Å². The highest BCUT2D eigenvalue weighted by Gasteiger charge is 2.39. The molecule has 2 atom stereocenters. The summed E-state index contributed by atoms with van der Waals surface area (Å²) in [7, 11) is 1.70. The smallest absolute Gasteiger partial charge is 0.250 e. The van der Waals surface area contributed by atoms with Crippen LogP contribution >= 0.6 is 0 Å². The van der Waals surface area contributed by atoms with Gasteiger partial charge in [-0.15, -0.1) is 0 Å². The number of nitrogens with one attached hydrogen (secondary N) is 1. The van der Waals surface area contributed by atoms with E-state index in [2.05, 4.69) is 15.2 Å². The lowest BCUT2D eigenvalue weighted by Gasteiger charge is -2.23. The fourth-order valence-electron chi connectivity index (χ4n) is 3.49. The fourth-order valence-corrected chi connectivity index (χ4v) is 3.49. The molecule has 1 aromatic rings. The molecule has 6 heteroatoms. The topological polar surface area (TPSA) is 71.1 Å². The van der Waals surface area contributed by atoms with Crippen LogP contribution in [0, 0.1) is 6.92 Å². The van der Waals surface area contributed by atoms with Gasteiger partial charge in [-0.25, -0.2) is 4.98 Å². The van der Waals surface area contributed by atoms with E-state index < -0.39 is 0 Å². The monoisotopic (exact) mass is 304 g/mol. The molecule has 1 saturated heterocycles. The van der Waals surface area contributed by atoms with Crippen LogP contribution in [0.15, 0.2) is 11.1 Å². The van der Waals surface area contributed by atoms with Crippen molar-refractivity contribution in [1.29, 1.82) is 0 Å². The minimum Gasteiger partial charge on any atom is -0.380 e. The molecule has 1 amide bonds. The van der Waals surface area contributed by atoms with Gasteiger partial charge in [-0.2, -0.15) is 5.10 Å². The van der Waals surface area contributed by atoms with Crippen LogP contribution in [0.5, 0.6) is 0 Å². The van der Waals surface area contributed by atoms with Crippen molar-refractivity contribution in [1.82, 2.24) is 20.1 Å². The Balaban J connectivity index is 1.85. The van der Waals surface area contributed by atoms with E-state index in [4.69, 9.17) is 4.74 Å². The number of amides is 1. The Kier molecular flexibility index (Phi) is 4.29. The van der Waals surface area contributed by atoms with Crippen LogP contribution < -0.4 is 0 Å². The van der Waals surface area contributed by atoms with Crippen molar-refractivity contribution < 1.29 is 9.53 Å². The van der Waals surface area contributed by atoms with Gasteiger partial charge >= 0.3 is 0 Å². The number of likely N-dealkylation sites (tertiary alicyclic amines) is 1. The highest BCUT2D eigenvalue weighted by Crippen LogP contribution is 2.34. The molecule has 1 N–H and O–H groups in total. The molecule has 0 spiro atoms. The van der Waals surface area contributed by atoms with Gasteiger partial charge in [0.05, 0.1) is 12.1 Å². The summed E-state index contributed by atoms with van der Waals surface area (Å²) in [4.78, 5) is 19.2. The van der Waals surface area contributed by atoms with Gasteiger partial charge in [-0.05, 0) is 39.5 Å². The normalized spacial score (nSPS) is 25.0. The third kappa shape index (κ3) is 2.79. The van der Waals surface area contributed by atoms with Gasteiger partial charge in [0.2, 0.25) is 5.91 Å². The van der Waals surface area contributed by atoms with E-state index in [9.17, 15) is 4.79 Å². The number of aromatic nitrogens is 3. The standard InChI is InChI=1S/C16H24N4O2/c1-10(12-6-4-5-7-12)16(21)20-9-13(22-3)8-14(20)15-17-11(2)18-19-15/h13-14H,4-9H2,1-3H3,(H,17,18,19)/t13-,14+/m1/s1. The van der Waals surface area contributed by atoms with E-state index in [1.54, 1.807) is 7.11 Å². The highest BCUT2D eigenvalue weighted by atomic mass is 16.5. The molecule has 1 saturated carbocycles. The highest BCUT2D eigenvalue weighted by molar-refractivity contribution is 5.94. The Bertz CT molecular complexity index is 585. The number of allylic oxidation sites excluding steroid dienone is 1. The van der Waals surface area contributed by atoms with Crippen molar-refractivity contribution in [2.24, 2.45) is 0 Å². The molecule has 0 bridgehead atoms. The van der Waals surface area contributed by atoms with E-state index in [1.807, 2.05) is 18.7 Å². The first-order chi connectivity index (χ1) is 10.6. The van der Waals surface area contributed by atoms with Crippen LogP contribution in [0.4, 0.5) is 0 Å². The minimum atomic E-state index is -0.0978. The van der Waals surface area contributed by atoms with Crippen molar-refractivity contribution in [3.63, 3.8) is 0 Å². The minimum absolute atomic E-state index is 0.0501. The van der Waals surface area contributed by atoms with Crippen LogP contribution in [0.2, 0.25) is 0 Å². The van der Waals surface area contributed by atoms with Crippen LogP contribution in [0.3, 0.4) is 0 Å². The Labute approximate surface area is 130 Å². The first-order valence-electron chi connectivity index (χ1n) is 8.01. The molecular formula is C16H24N4O2. The summed E-state index contributed by atoms with van der Waals surface area (Å²) < 4.78 is 5.48. The number of rotatable bonds is 3. The summed E-state index contributed by atoms with van der Waals surface area (Å²) in [5.41, 5.74) is 2.22. The van der Waals surface area contributed by atoms with Gasteiger partial charge in [-0.1, -0.05) is 5.57 Å². The number of nitrogens with zero attached hydrogens (tertiary/aromatic N) is 3. The van der Waals surface area contributed by atoms with Gasteiger partial charge in [0, 0.05) is 25.6 Å². The zero-order chi connectivity index (χ0) is 15.7. The van der Waals surface area contributed by atoms with Crippen molar-refractivity contribution >= 4 is 5.91 Å². The van der Waals surface area contributed by atoms with Crippen LogP contribution in [0.1, 0.15) is 56.7 Å². The summed E-state index contributed by atoms with van der Waals surface area (Å²) in [5.74, 6) is 1.58. The molecule has 2 aliphatic rings. The van der Waals surface area contributed by atoms with Crippen molar-refractivity contribution in [3.8, 4) is 0 Å². The maximum absolute atomic E-state index is 12.9. The quantitative estimate of drug-likeness (QED) is 0.870. The van der Waals surface area contributed by atoms with E-state index in [0.29, 0.717) is 12.4 Å². The summed E-state index contributed by atoms with van der Waals surface area (Å²) in [5, 5.41) is 7.12. The Hall–Kier alpha value is -1.69. The molecule has 2 heterocycles. The Morgan fingerprint density at radius 2 is 2.09 bits per heavy atom. The van der Waals surface area contributed by atoms with E-state index in [0.717, 1.165) is 30.7 Å². The number of hydrogen-bond donors (Lipinski definition) is 1. The van der Waals surface area contributed by atoms with Crippen molar-refractivity contribution in [2.45, 2.75) is 58.1 Å². The molecule has 0 radical (unpaired) electrons. The molecule has 1 aliphatic carbocycles. The average Bonchev–Trinajstić information content (AvgIpc) is 3.25. The largest absolute Gasteiger partial charge is 0.380 e. The Morgan fingerprint density at radius 1 is 1.36 bits per heavy atom. The predicted octanol–water partition coefficient (Wildman–Crippen LogP) is 2.29. The number of carbonyl (C=O) groups excluding carboxylic acids is 1. The maximum Gasteiger partial charge on any atom is 0.250 e. The summed E-state index contributed by atoms with van der Waals surface area (Å²) >= 11 is 0. The number of hydrogen-bond acceptors (Lipinski definition) is 4. The van der Waals surface area contributed by atoms with Gasteiger partial charge < -0.3 is 9.64 Å². The first-order valence-corrected chi connectivity index (χ1v) is 8.01. The molecule has 1 aromatic heterocycles. The SMILES string of the molecule is CO[C@@H]1C[C@@H](c2n[nH]c(C)n2)N(C(=O)C(C)=C2CCCC2)C1. The molecule has 0 aromatic carbocycles. The molecule has 1 aliphatic heterocycles. The first kappa shape index (κ1) is 15.2. The lowest BCUT2D eigenvalue weighted by Crippen LogP contribution is -2.33. The lowest BCUT2D eigenvalue weighted by molar-refractivity contribution is -0.128. The van der Waals surface area contributed by atoms with Crippen LogP contribution in [0.25, 0.3) is 0 Å². The Morgan fingerprint density at radius 3 is 2.68 bits per heavy atom. The number of methoxy groups -OCH3 is 1. The molecule has 120 valence electrons. The second kappa shape index (κ2) is 6.20. The molecule has 22 heavy (non-hydrogen) atoms. The summed E-state index contributed by atoms with van der Waals surface area (Å²) in [6.07, 6.45) is 5.32. The van der Waals surface area contributed by atoms with Crippen molar-refractivity contribution in [2.75, 3.05) is 13.7 Å². The number of ether oxygens (including phenoxy) is 1. The third-order valence-electron chi connectivity index (χ3n) is 4.83. The third-order valence-corrected chi connectivity index (χ3v) is 4.83. The summed E-state index contributed by atoms with van der Waals surface area (Å²) in [6.45, 7) is 4.44. The zero-order valence-corrected chi connectivity index (χ0v) is 13.6. The summed E-state index contributed by atoms with van der Waals surface area (Å²) in [6, 6.07) is -0.0978. The molecule has 0 unspecified atom stereocenters. The van der Waals surface area contributed by atoms with E-state index >= 15 is 0 Å². The maximum atomic E-state index is 12.9. The van der Waals surface area contributed by atoms with Gasteiger partial charge in [0.25, 0.3) is 0 Å². The van der Waals surface area contributed by atoms with E-state index in [1.165, 1.54) is 18.4 Å². The number of aryl methyl sites for hydroxylation is 1. The molecule has 3 rings (SSSR count). The zero-order valence-electron chi connectivity index (χ0n) is 13.6. The van der Waals surface area contributed by atoms with Crippen molar-refractivity contribution in [3.05, 3.63) is 22.8 Å². The van der Waals surface area contributed by atoms with Crippen LogP contribution in [-0.2, 0) is 9.53 Å². The second-order valence-corrected chi connectivity index (χ2v) is 6.28. The second-order valence-electron chi connectivity index (χ2n) is 6.28. The van der Waals surface area contributed by atoms with Gasteiger partial charge in [0.15, 0.2) is 5.82 Å². The number of carbonyl (C=O) groups is 1. The molecule has 2 fully saturated rings. The molecular weight excluding hydrogens is 280 g/mol. The molecule has 6 nitrogen and oxygen atoms in total. The average molecular weight is 304 g/mol. The predicted molar refractivity (Wildman–Crippen MR) is 82.2 cm³/mol. The van der Waals surface area contributed by atoms with Crippen LogP contribution in [-0.4, -0.2) is 45.7 Å². The fraction of sp³-hybridized carbons (Fsp3) is 0.688. The lowest BCUT2D eigenvalue weighted by atomic mass is 10.1. The number of H-pyrrole nitrogens is 1. The van der Waals surface area contributed by atoms with E-state index in [-0.39, 0.29) is 18.1 Å².